The molecule has 2 rings (SSSR count). The van der Waals surface area contributed by atoms with Crippen molar-refractivity contribution in [3.05, 3.63) is 27.7 Å². The van der Waals surface area contributed by atoms with Gasteiger partial charge in [0.25, 0.3) is 0 Å². The minimum atomic E-state index is 0.668. The van der Waals surface area contributed by atoms with Gasteiger partial charge in [-0.25, -0.2) is 0 Å². The van der Waals surface area contributed by atoms with Gasteiger partial charge in [-0.2, -0.15) is 0 Å². The van der Waals surface area contributed by atoms with Crippen LogP contribution in [0.1, 0.15) is 32.6 Å². The Bertz CT molecular complexity index is 413. The van der Waals surface area contributed by atoms with Crippen molar-refractivity contribution in [2.45, 2.75) is 38.6 Å². The van der Waals surface area contributed by atoms with E-state index in [9.17, 15) is 0 Å². The third-order valence-electron chi connectivity index (χ3n) is 3.62. The van der Waals surface area contributed by atoms with E-state index < -0.39 is 0 Å². The van der Waals surface area contributed by atoms with Gasteiger partial charge in [-0.05, 0) is 52.9 Å². The molecule has 1 fully saturated rings. The minimum absolute atomic E-state index is 0.668. The Labute approximate surface area is 129 Å². The quantitative estimate of drug-likeness (QED) is 0.784. The van der Waals surface area contributed by atoms with Gasteiger partial charge in [0.05, 0.1) is 4.47 Å². The molecule has 2 atom stereocenters. The summed E-state index contributed by atoms with van der Waals surface area (Å²) in [6.07, 6.45) is 5.33. The van der Waals surface area contributed by atoms with Crippen LogP contribution in [0.25, 0.3) is 0 Å². The molecule has 19 heavy (non-hydrogen) atoms. The fourth-order valence-corrected chi connectivity index (χ4v) is 3.43. The van der Waals surface area contributed by atoms with Crippen molar-refractivity contribution in [1.82, 2.24) is 5.32 Å². The monoisotopic (exact) mass is 345 g/mol. The molecule has 1 aromatic carbocycles. The summed E-state index contributed by atoms with van der Waals surface area (Å²) in [6, 6.07) is 6.26. The van der Waals surface area contributed by atoms with Crippen molar-refractivity contribution >= 4 is 27.5 Å². The SMILES string of the molecule is CC1CCCC(NCCOc2ccc(Cl)cc2Br)C1. The summed E-state index contributed by atoms with van der Waals surface area (Å²) in [4.78, 5) is 0. The number of hydrogen-bond acceptors (Lipinski definition) is 2. The normalized spacial score (nSPS) is 23.3. The number of benzene rings is 1. The molecule has 106 valence electrons. The van der Waals surface area contributed by atoms with Crippen molar-refractivity contribution in [3.63, 3.8) is 0 Å². The second-order valence-corrected chi connectivity index (χ2v) is 6.64. The van der Waals surface area contributed by atoms with E-state index >= 15 is 0 Å². The molecule has 1 saturated carbocycles. The zero-order valence-corrected chi connectivity index (χ0v) is 13.6. The molecule has 2 nitrogen and oxygen atoms in total. The Morgan fingerprint density at radius 2 is 2.26 bits per heavy atom. The van der Waals surface area contributed by atoms with E-state index in [1.54, 1.807) is 0 Å². The molecule has 1 aromatic rings. The Morgan fingerprint density at radius 1 is 1.42 bits per heavy atom. The van der Waals surface area contributed by atoms with Crippen molar-refractivity contribution in [3.8, 4) is 5.75 Å². The van der Waals surface area contributed by atoms with Gasteiger partial charge in [-0.1, -0.05) is 31.4 Å². The van der Waals surface area contributed by atoms with Gasteiger partial charge in [0.15, 0.2) is 0 Å². The summed E-state index contributed by atoms with van der Waals surface area (Å²) in [5.41, 5.74) is 0. The first kappa shape index (κ1) is 15.1. The molecule has 0 spiro atoms. The third kappa shape index (κ3) is 4.97. The van der Waals surface area contributed by atoms with Crippen LogP contribution in [0.5, 0.6) is 5.75 Å². The van der Waals surface area contributed by atoms with Gasteiger partial charge in [0, 0.05) is 17.6 Å². The Balaban J connectivity index is 1.69. The van der Waals surface area contributed by atoms with Gasteiger partial charge in [-0.3, -0.25) is 0 Å². The molecule has 1 aliphatic carbocycles. The number of rotatable bonds is 5. The summed E-state index contributed by atoms with van der Waals surface area (Å²) in [5, 5.41) is 4.30. The second-order valence-electron chi connectivity index (χ2n) is 5.35. The van der Waals surface area contributed by atoms with Gasteiger partial charge < -0.3 is 10.1 Å². The lowest BCUT2D eigenvalue weighted by atomic mass is 9.87. The standard InChI is InChI=1S/C15H21BrClNO/c1-11-3-2-4-13(9-11)18-7-8-19-15-6-5-12(17)10-14(15)16/h5-6,10-11,13,18H,2-4,7-9H2,1H3. The molecule has 2 unspecified atom stereocenters. The fourth-order valence-electron chi connectivity index (χ4n) is 2.64. The van der Waals surface area contributed by atoms with E-state index in [1.165, 1.54) is 25.7 Å². The number of halogens is 2. The molecule has 0 aromatic heterocycles. The van der Waals surface area contributed by atoms with Crippen molar-refractivity contribution in [2.24, 2.45) is 5.92 Å². The van der Waals surface area contributed by atoms with Crippen LogP contribution >= 0.6 is 27.5 Å². The molecule has 0 bridgehead atoms. The molecular weight excluding hydrogens is 326 g/mol. The van der Waals surface area contributed by atoms with E-state index in [4.69, 9.17) is 16.3 Å². The predicted molar refractivity (Wildman–Crippen MR) is 84.1 cm³/mol. The van der Waals surface area contributed by atoms with Crippen LogP contribution in [0.4, 0.5) is 0 Å². The highest BCUT2D eigenvalue weighted by Crippen LogP contribution is 2.28. The van der Waals surface area contributed by atoms with E-state index in [0.29, 0.717) is 17.7 Å². The average molecular weight is 347 g/mol. The summed E-state index contributed by atoms with van der Waals surface area (Å²) in [5.74, 6) is 1.71. The summed E-state index contributed by atoms with van der Waals surface area (Å²) >= 11 is 9.35. The lowest BCUT2D eigenvalue weighted by Gasteiger charge is -2.27. The first-order valence-electron chi connectivity index (χ1n) is 6.96. The smallest absolute Gasteiger partial charge is 0.133 e. The zero-order valence-electron chi connectivity index (χ0n) is 11.3. The van der Waals surface area contributed by atoms with Crippen LogP contribution < -0.4 is 10.1 Å². The number of hydrogen-bond donors (Lipinski definition) is 1. The first-order chi connectivity index (χ1) is 9.15. The molecule has 0 aliphatic heterocycles. The third-order valence-corrected chi connectivity index (χ3v) is 4.48. The van der Waals surface area contributed by atoms with Gasteiger partial charge in [0.2, 0.25) is 0 Å². The van der Waals surface area contributed by atoms with Crippen LogP contribution in [0.3, 0.4) is 0 Å². The first-order valence-corrected chi connectivity index (χ1v) is 8.13. The lowest BCUT2D eigenvalue weighted by molar-refractivity contribution is 0.265. The van der Waals surface area contributed by atoms with Crippen molar-refractivity contribution in [1.29, 1.82) is 0 Å². The Morgan fingerprint density at radius 3 is 3.00 bits per heavy atom. The van der Waals surface area contributed by atoms with Crippen molar-refractivity contribution < 1.29 is 4.74 Å². The molecule has 0 heterocycles. The topological polar surface area (TPSA) is 21.3 Å². The molecule has 0 radical (unpaired) electrons. The van der Waals surface area contributed by atoms with Gasteiger partial charge in [0.1, 0.15) is 12.4 Å². The van der Waals surface area contributed by atoms with Crippen molar-refractivity contribution in [2.75, 3.05) is 13.2 Å². The maximum atomic E-state index is 5.90. The largest absolute Gasteiger partial charge is 0.491 e. The maximum absolute atomic E-state index is 5.90. The summed E-state index contributed by atoms with van der Waals surface area (Å²) in [6.45, 7) is 3.92. The van der Waals surface area contributed by atoms with Crippen LogP contribution in [-0.4, -0.2) is 19.2 Å². The van der Waals surface area contributed by atoms with E-state index in [1.807, 2.05) is 18.2 Å². The van der Waals surface area contributed by atoms with Gasteiger partial charge in [-0.15, -0.1) is 0 Å². The van der Waals surface area contributed by atoms with Crippen LogP contribution in [-0.2, 0) is 0 Å². The summed E-state index contributed by atoms with van der Waals surface area (Å²) in [7, 11) is 0. The molecular formula is C15H21BrClNO. The zero-order chi connectivity index (χ0) is 13.7. The van der Waals surface area contributed by atoms with E-state index in [-0.39, 0.29) is 0 Å². The predicted octanol–water partition coefficient (Wildman–Crippen LogP) is 4.65. The fraction of sp³-hybridized carbons (Fsp3) is 0.600. The van der Waals surface area contributed by atoms with Crippen LogP contribution in [0.15, 0.2) is 22.7 Å². The highest BCUT2D eigenvalue weighted by atomic mass is 79.9. The molecule has 1 aliphatic rings. The minimum Gasteiger partial charge on any atom is -0.491 e. The van der Waals surface area contributed by atoms with Crippen LogP contribution in [0.2, 0.25) is 5.02 Å². The average Bonchev–Trinajstić information content (AvgIpc) is 2.37. The second kappa shape index (κ2) is 7.51. The highest BCUT2D eigenvalue weighted by Gasteiger charge is 2.17. The number of nitrogens with one attached hydrogen (secondary N) is 1. The van der Waals surface area contributed by atoms with Gasteiger partial charge >= 0.3 is 0 Å². The molecule has 0 amide bonds. The van der Waals surface area contributed by atoms with E-state index in [2.05, 4.69) is 28.2 Å². The Kier molecular flexibility index (Phi) is 5.99. The van der Waals surface area contributed by atoms with E-state index in [0.717, 1.165) is 22.7 Å². The number of ether oxygens (including phenoxy) is 1. The summed E-state index contributed by atoms with van der Waals surface area (Å²) < 4.78 is 6.65. The lowest BCUT2D eigenvalue weighted by Crippen LogP contribution is -2.36. The molecule has 4 heteroatoms. The molecule has 0 saturated heterocycles. The Hall–Kier alpha value is -0.250. The maximum Gasteiger partial charge on any atom is 0.133 e. The molecule has 1 N–H and O–H groups in total. The van der Waals surface area contributed by atoms with Crippen LogP contribution in [0, 0.1) is 5.92 Å². The highest BCUT2D eigenvalue weighted by molar-refractivity contribution is 9.10.